The molecule has 0 aliphatic heterocycles. The van der Waals surface area contributed by atoms with Gasteiger partial charge in [0.1, 0.15) is 0 Å². The van der Waals surface area contributed by atoms with Gasteiger partial charge in [0.2, 0.25) is 0 Å². The number of carbonyl (C=O) groups is 2. The Balaban J connectivity index is 0.00000441. The number of halogens is 1. The first-order valence-electron chi connectivity index (χ1n) is 7.05. The summed E-state index contributed by atoms with van der Waals surface area (Å²) in [4.78, 5) is 25.6. The molecule has 1 aromatic carbocycles. The summed E-state index contributed by atoms with van der Waals surface area (Å²) in [7, 11) is 3.39. The van der Waals surface area contributed by atoms with E-state index in [1.54, 1.807) is 38.4 Å². The molecule has 6 heteroatoms. The lowest BCUT2D eigenvalue weighted by atomic mass is 9.88. The number of amides is 2. The molecule has 1 atom stereocenters. The zero-order valence-electron chi connectivity index (χ0n) is 13.8. The average Bonchev–Trinajstić information content (AvgIpc) is 2.46. The van der Waals surface area contributed by atoms with E-state index in [0.717, 1.165) is 0 Å². The predicted octanol–water partition coefficient (Wildman–Crippen LogP) is 1.91. The van der Waals surface area contributed by atoms with Gasteiger partial charge in [-0.15, -0.1) is 12.4 Å². The summed E-state index contributed by atoms with van der Waals surface area (Å²) in [5.74, 6) is -0.0440. The van der Waals surface area contributed by atoms with Gasteiger partial charge in [0.25, 0.3) is 11.8 Å². The maximum absolute atomic E-state index is 12.3. The fourth-order valence-corrected chi connectivity index (χ4v) is 1.78. The van der Waals surface area contributed by atoms with Crippen LogP contribution in [0.5, 0.6) is 0 Å². The normalized spacial score (nSPS) is 13.0. The first-order valence-corrected chi connectivity index (χ1v) is 7.05. The first-order chi connectivity index (χ1) is 9.71. The summed E-state index contributed by atoms with van der Waals surface area (Å²) in [5.41, 5.74) is 6.39. The smallest absolute Gasteiger partial charge is 0.253 e. The Hall–Kier alpha value is -1.59. The lowest BCUT2D eigenvalue weighted by Crippen LogP contribution is -2.55. The van der Waals surface area contributed by atoms with E-state index < -0.39 is 5.54 Å². The summed E-state index contributed by atoms with van der Waals surface area (Å²) < 4.78 is 0. The highest BCUT2D eigenvalue weighted by Gasteiger charge is 2.28. The SMILES string of the molecule is CC(C)C(C)(CN)NC(=O)c1ccc(C(=O)N(C)C)cc1.Cl. The zero-order chi connectivity index (χ0) is 16.2. The largest absolute Gasteiger partial charge is 0.345 e. The van der Waals surface area contributed by atoms with Crippen LogP contribution in [0.15, 0.2) is 24.3 Å². The quantitative estimate of drug-likeness (QED) is 0.867. The summed E-state index contributed by atoms with van der Waals surface area (Å²) >= 11 is 0. The van der Waals surface area contributed by atoms with E-state index in [9.17, 15) is 9.59 Å². The van der Waals surface area contributed by atoms with Crippen molar-refractivity contribution in [3.05, 3.63) is 35.4 Å². The van der Waals surface area contributed by atoms with Gasteiger partial charge in [-0.1, -0.05) is 13.8 Å². The minimum Gasteiger partial charge on any atom is -0.345 e. The van der Waals surface area contributed by atoms with Gasteiger partial charge < -0.3 is 16.0 Å². The molecule has 1 aromatic rings. The molecule has 22 heavy (non-hydrogen) atoms. The molecule has 0 spiro atoms. The molecule has 0 saturated heterocycles. The lowest BCUT2D eigenvalue weighted by molar-refractivity contribution is 0.0825. The standard InChI is InChI=1S/C16H25N3O2.ClH/c1-11(2)16(3,10-17)18-14(20)12-6-8-13(9-7-12)15(21)19(4)5;/h6-9,11H,10,17H2,1-5H3,(H,18,20);1H. The minimum atomic E-state index is -0.449. The van der Waals surface area contributed by atoms with Gasteiger partial charge in [0.15, 0.2) is 0 Å². The Kier molecular flexibility index (Phi) is 7.56. The fourth-order valence-electron chi connectivity index (χ4n) is 1.78. The Labute approximate surface area is 138 Å². The summed E-state index contributed by atoms with van der Waals surface area (Å²) in [5, 5.41) is 2.97. The Morgan fingerprint density at radius 2 is 1.64 bits per heavy atom. The number of hydrogen-bond donors (Lipinski definition) is 2. The van der Waals surface area contributed by atoms with Crippen molar-refractivity contribution in [3.63, 3.8) is 0 Å². The molecule has 3 N–H and O–H groups in total. The molecule has 0 aliphatic rings. The monoisotopic (exact) mass is 327 g/mol. The molecule has 0 fully saturated rings. The first kappa shape index (κ1) is 20.4. The van der Waals surface area contributed by atoms with Crippen LogP contribution in [0.25, 0.3) is 0 Å². The van der Waals surface area contributed by atoms with E-state index >= 15 is 0 Å². The summed E-state index contributed by atoms with van der Waals surface area (Å²) in [6, 6.07) is 6.63. The van der Waals surface area contributed by atoms with Crippen LogP contribution in [0.3, 0.4) is 0 Å². The molecule has 0 saturated carbocycles. The number of hydrogen-bond acceptors (Lipinski definition) is 3. The maximum atomic E-state index is 12.3. The molecule has 0 bridgehead atoms. The second-order valence-corrected chi connectivity index (χ2v) is 6.01. The summed E-state index contributed by atoms with van der Waals surface area (Å²) in [6.07, 6.45) is 0. The van der Waals surface area contributed by atoms with Crippen molar-refractivity contribution in [2.24, 2.45) is 11.7 Å². The molecule has 0 aromatic heterocycles. The molecule has 1 rings (SSSR count). The van der Waals surface area contributed by atoms with Crippen molar-refractivity contribution in [1.29, 1.82) is 0 Å². The maximum Gasteiger partial charge on any atom is 0.253 e. The Bertz CT molecular complexity index is 515. The number of nitrogens with two attached hydrogens (primary N) is 1. The minimum absolute atomic E-state index is 0. The number of nitrogens with one attached hydrogen (secondary N) is 1. The van der Waals surface area contributed by atoms with Crippen LogP contribution in [-0.2, 0) is 0 Å². The van der Waals surface area contributed by atoms with Crippen molar-refractivity contribution < 1.29 is 9.59 Å². The van der Waals surface area contributed by atoms with Gasteiger partial charge in [-0.2, -0.15) is 0 Å². The van der Waals surface area contributed by atoms with E-state index in [2.05, 4.69) is 5.32 Å². The van der Waals surface area contributed by atoms with Gasteiger partial charge in [-0.25, -0.2) is 0 Å². The van der Waals surface area contributed by atoms with E-state index in [4.69, 9.17) is 5.73 Å². The highest BCUT2D eigenvalue weighted by Crippen LogP contribution is 2.16. The van der Waals surface area contributed by atoms with Crippen LogP contribution in [0.1, 0.15) is 41.5 Å². The van der Waals surface area contributed by atoms with Gasteiger partial charge in [-0.3, -0.25) is 9.59 Å². The van der Waals surface area contributed by atoms with Gasteiger partial charge >= 0.3 is 0 Å². The van der Waals surface area contributed by atoms with Gasteiger partial charge in [0, 0.05) is 31.8 Å². The third-order valence-electron chi connectivity index (χ3n) is 3.90. The lowest BCUT2D eigenvalue weighted by Gasteiger charge is -2.33. The topological polar surface area (TPSA) is 75.4 Å². The molecule has 0 aliphatic carbocycles. The fraction of sp³-hybridized carbons (Fsp3) is 0.500. The van der Waals surface area contributed by atoms with Crippen molar-refractivity contribution in [3.8, 4) is 0 Å². The van der Waals surface area contributed by atoms with Crippen LogP contribution in [0.4, 0.5) is 0 Å². The second-order valence-electron chi connectivity index (χ2n) is 6.01. The Morgan fingerprint density at radius 1 is 1.18 bits per heavy atom. The Morgan fingerprint density at radius 3 is 2.00 bits per heavy atom. The van der Waals surface area contributed by atoms with Crippen LogP contribution in [0.2, 0.25) is 0 Å². The number of rotatable bonds is 5. The van der Waals surface area contributed by atoms with Crippen molar-refractivity contribution in [2.75, 3.05) is 20.6 Å². The summed E-state index contributed by atoms with van der Waals surface area (Å²) in [6.45, 7) is 6.34. The average molecular weight is 328 g/mol. The second kappa shape index (κ2) is 8.15. The number of carbonyl (C=O) groups excluding carboxylic acids is 2. The van der Waals surface area contributed by atoms with Gasteiger partial charge in [-0.05, 0) is 37.1 Å². The van der Waals surface area contributed by atoms with Crippen molar-refractivity contribution in [2.45, 2.75) is 26.3 Å². The molecule has 0 radical (unpaired) electrons. The number of nitrogens with zero attached hydrogens (tertiary/aromatic N) is 1. The molecule has 1 unspecified atom stereocenters. The third kappa shape index (κ3) is 4.71. The highest BCUT2D eigenvalue weighted by molar-refractivity contribution is 5.97. The third-order valence-corrected chi connectivity index (χ3v) is 3.90. The van der Waals surface area contributed by atoms with Crippen LogP contribution in [-0.4, -0.2) is 42.9 Å². The van der Waals surface area contributed by atoms with Crippen LogP contribution < -0.4 is 11.1 Å². The van der Waals surface area contributed by atoms with E-state index in [1.165, 1.54) is 4.90 Å². The van der Waals surface area contributed by atoms with Gasteiger partial charge in [0.05, 0.1) is 5.54 Å². The van der Waals surface area contributed by atoms with E-state index in [1.807, 2.05) is 20.8 Å². The molecular formula is C16H26ClN3O2. The van der Waals surface area contributed by atoms with Crippen LogP contribution >= 0.6 is 12.4 Å². The predicted molar refractivity (Wildman–Crippen MR) is 91.5 cm³/mol. The molecule has 0 heterocycles. The van der Waals surface area contributed by atoms with E-state index in [0.29, 0.717) is 17.7 Å². The van der Waals surface area contributed by atoms with Crippen molar-refractivity contribution in [1.82, 2.24) is 10.2 Å². The molecule has 5 nitrogen and oxygen atoms in total. The molecule has 2 amide bonds. The number of benzene rings is 1. The van der Waals surface area contributed by atoms with E-state index in [-0.39, 0.29) is 30.1 Å². The molecular weight excluding hydrogens is 302 g/mol. The zero-order valence-corrected chi connectivity index (χ0v) is 14.7. The van der Waals surface area contributed by atoms with Crippen molar-refractivity contribution >= 4 is 24.2 Å². The highest BCUT2D eigenvalue weighted by atomic mass is 35.5. The van der Waals surface area contributed by atoms with Crippen LogP contribution in [0, 0.1) is 5.92 Å². The molecule has 124 valence electrons.